The standard InChI is InChI=1S/C14H13N5/c1-9-2-4-10(5-3-9)6-7-11-18-12-13(15)16-8-17-14(12)19-11/h2-8H,1H3,(H3,15,16,17,18,19). The summed E-state index contributed by atoms with van der Waals surface area (Å²) in [5.74, 6) is 1.10. The third-order valence-electron chi connectivity index (χ3n) is 2.84. The summed E-state index contributed by atoms with van der Waals surface area (Å²) in [7, 11) is 0. The monoisotopic (exact) mass is 251 g/mol. The van der Waals surface area contributed by atoms with Gasteiger partial charge in [-0.1, -0.05) is 35.9 Å². The van der Waals surface area contributed by atoms with Gasteiger partial charge in [0.2, 0.25) is 0 Å². The predicted molar refractivity (Wildman–Crippen MR) is 76.2 cm³/mol. The van der Waals surface area contributed by atoms with Crippen molar-refractivity contribution in [3.8, 4) is 0 Å². The zero-order valence-electron chi connectivity index (χ0n) is 10.5. The highest BCUT2D eigenvalue weighted by Crippen LogP contribution is 2.15. The highest BCUT2D eigenvalue weighted by atomic mass is 15.0. The minimum Gasteiger partial charge on any atom is -0.382 e. The molecule has 94 valence electrons. The molecular weight excluding hydrogens is 238 g/mol. The van der Waals surface area contributed by atoms with Crippen LogP contribution in [0.1, 0.15) is 17.0 Å². The van der Waals surface area contributed by atoms with Gasteiger partial charge in [-0.2, -0.15) is 0 Å². The Bertz CT molecular complexity index is 740. The van der Waals surface area contributed by atoms with Crippen LogP contribution in [0.5, 0.6) is 0 Å². The van der Waals surface area contributed by atoms with Gasteiger partial charge in [0.05, 0.1) is 0 Å². The molecule has 0 amide bonds. The van der Waals surface area contributed by atoms with Crippen LogP contribution in [0, 0.1) is 6.92 Å². The summed E-state index contributed by atoms with van der Waals surface area (Å²) in [6.07, 6.45) is 5.30. The van der Waals surface area contributed by atoms with Crippen molar-refractivity contribution in [2.24, 2.45) is 0 Å². The largest absolute Gasteiger partial charge is 0.382 e. The minimum atomic E-state index is 0.385. The third-order valence-corrected chi connectivity index (χ3v) is 2.84. The second kappa shape index (κ2) is 4.53. The lowest BCUT2D eigenvalue weighted by Gasteiger charge is -1.93. The van der Waals surface area contributed by atoms with Gasteiger partial charge in [-0.25, -0.2) is 15.0 Å². The Morgan fingerprint density at radius 3 is 2.63 bits per heavy atom. The van der Waals surface area contributed by atoms with Crippen LogP contribution in [0.4, 0.5) is 5.82 Å². The second-order valence-corrected chi connectivity index (χ2v) is 4.32. The molecule has 0 saturated carbocycles. The number of hydrogen-bond acceptors (Lipinski definition) is 4. The van der Waals surface area contributed by atoms with Crippen molar-refractivity contribution in [2.75, 3.05) is 5.73 Å². The van der Waals surface area contributed by atoms with E-state index in [0.717, 1.165) is 5.56 Å². The Hall–Kier alpha value is -2.69. The molecule has 0 atom stereocenters. The second-order valence-electron chi connectivity index (χ2n) is 4.32. The van der Waals surface area contributed by atoms with Crippen molar-refractivity contribution in [3.05, 3.63) is 47.5 Å². The third kappa shape index (κ3) is 2.30. The van der Waals surface area contributed by atoms with Crippen molar-refractivity contribution < 1.29 is 0 Å². The van der Waals surface area contributed by atoms with Crippen LogP contribution in [-0.2, 0) is 0 Å². The summed E-state index contributed by atoms with van der Waals surface area (Å²) >= 11 is 0. The summed E-state index contributed by atoms with van der Waals surface area (Å²) < 4.78 is 0. The van der Waals surface area contributed by atoms with E-state index in [-0.39, 0.29) is 0 Å². The summed E-state index contributed by atoms with van der Waals surface area (Å²) in [6.45, 7) is 2.06. The first-order chi connectivity index (χ1) is 9.22. The predicted octanol–water partition coefficient (Wildman–Crippen LogP) is 2.41. The van der Waals surface area contributed by atoms with Gasteiger partial charge in [0, 0.05) is 0 Å². The van der Waals surface area contributed by atoms with Gasteiger partial charge in [0.1, 0.15) is 12.2 Å². The van der Waals surface area contributed by atoms with Crippen molar-refractivity contribution >= 4 is 29.1 Å². The lowest BCUT2D eigenvalue weighted by atomic mass is 10.1. The van der Waals surface area contributed by atoms with Gasteiger partial charge in [0.15, 0.2) is 17.0 Å². The Morgan fingerprint density at radius 2 is 1.89 bits per heavy atom. The molecule has 0 bridgehead atoms. The molecule has 5 nitrogen and oxygen atoms in total. The maximum Gasteiger partial charge on any atom is 0.163 e. The van der Waals surface area contributed by atoms with Gasteiger partial charge < -0.3 is 10.7 Å². The molecule has 3 rings (SSSR count). The number of imidazole rings is 1. The molecule has 3 aromatic rings. The molecular formula is C14H13N5. The van der Waals surface area contributed by atoms with Gasteiger partial charge in [-0.3, -0.25) is 0 Å². The molecule has 0 radical (unpaired) electrons. The summed E-state index contributed by atoms with van der Waals surface area (Å²) in [5.41, 5.74) is 9.34. The van der Waals surface area contributed by atoms with E-state index in [0.29, 0.717) is 22.8 Å². The lowest BCUT2D eigenvalue weighted by Crippen LogP contribution is -1.91. The van der Waals surface area contributed by atoms with Gasteiger partial charge in [0.25, 0.3) is 0 Å². The number of nitrogen functional groups attached to an aromatic ring is 1. The maximum atomic E-state index is 5.74. The summed E-state index contributed by atoms with van der Waals surface area (Å²) in [6, 6.07) is 8.26. The van der Waals surface area contributed by atoms with Crippen LogP contribution < -0.4 is 5.73 Å². The number of hydrogen-bond donors (Lipinski definition) is 2. The van der Waals surface area contributed by atoms with E-state index in [1.807, 2.05) is 12.2 Å². The molecule has 19 heavy (non-hydrogen) atoms. The van der Waals surface area contributed by atoms with Gasteiger partial charge >= 0.3 is 0 Å². The maximum absolute atomic E-state index is 5.74. The Morgan fingerprint density at radius 1 is 1.11 bits per heavy atom. The van der Waals surface area contributed by atoms with E-state index < -0.39 is 0 Å². The van der Waals surface area contributed by atoms with Gasteiger partial charge in [-0.05, 0) is 18.6 Å². The van der Waals surface area contributed by atoms with E-state index in [1.165, 1.54) is 11.9 Å². The Labute approximate surface area is 110 Å². The number of H-pyrrole nitrogens is 1. The number of aromatic amines is 1. The van der Waals surface area contributed by atoms with E-state index in [1.54, 1.807) is 0 Å². The highest BCUT2D eigenvalue weighted by molar-refractivity contribution is 5.83. The van der Waals surface area contributed by atoms with Crippen molar-refractivity contribution in [1.82, 2.24) is 19.9 Å². The molecule has 2 aromatic heterocycles. The smallest absolute Gasteiger partial charge is 0.163 e. The number of aromatic nitrogens is 4. The van der Waals surface area contributed by atoms with E-state index in [9.17, 15) is 0 Å². The van der Waals surface area contributed by atoms with Crippen LogP contribution >= 0.6 is 0 Å². The average molecular weight is 251 g/mol. The molecule has 5 heteroatoms. The van der Waals surface area contributed by atoms with Crippen LogP contribution in [0.15, 0.2) is 30.6 Å². The topological polar surface area (TPSA) is 80.5 Å². The fourth-order valence-corrected chi connectivity index (χ4v) is 1.80. The molecule has 2 heterocycles. The average Bonchev–Trinajstić information content (AvgIpc) is 2.83. The first-order valence-corrected chi connectivity index (χ1v) is 5.93. The molecule has 0 fully saturated rings. The number of aryl methyl sites for hydroxylation is 1. The normalized spacial score (nSPS) is 11.4. The number of nitrogens with one attached hydrogen (secondary N) is 1. The van der Waals surface area contributed by atoms with Crippen LogP contribution in [0.25, 0.3) is 23.3 Å². The van der Waals surface area contributed by atoms with Crippen molar-refractivity contribution in [2.45, 2.75) is 6.92 Å². The Balaban J connectivity index is 1.93. The van der Waals surface area contributed by atoms with E-state index in [2.05, 4.69) is 51.1 Å². The number of benzene rings is 1. The zero-order chi connectivity index (χ0) is 13.2. The van der Waals surface area contributed by atoms with Crippen molar-refractivity contribution in [1.29, 1.82) is 0 Å². The molecule has 0 unspecified atom stereocenters. The van der Waals surface area contributed by atoms with Crippen molar-refractivity contribution in [3.63, 3.8) is 0 Å². The first-order valence-electron chi connectivity index (χ1n) is 5.93. The zero-order valence-corrected chi connectivity index (χ0v) is 10.5. The number of rotatable bonds is 2. The molecule has 3 N–H and O–H groups in total. The molecule has 0 saturated heterocycles. The molecule has 1 aromatic carbocycles. The number of anilines is 1. The fourth-order valence-electron chi connectivity index (χ4n) is 1.80. The Kier molecular flexibility index (Phi) is 2.72. The van der Waals surface area contributed by atoms with Crippen LogP contribution in [0.3, 0.4) is 0 Å². The summed E-state index contributed by atoms with van der Waals surface area (Å²) in [4.78, 5) is 15.4. The molecule has 0 aliphatic rings. The van der Waals surface area contributed by atoms with Gasteiger partial charge in [-0.15, -0.1) is 0 Å². The number of fused-ring (bicyclic) bond motifs is 1. The first kappa shape index (κ1) is 11.4. The quantitative estimate of drug-likeness (QED) is 0.733. The number of nitrogens with zero attached hydrogens (tertiary/aromatic N) is 3. The number of nitrogens with two attached hydrogens (primary N) is 1. The molecule has 0 aliphatic carbocycles. The van der Waals surface area contributed by atoms with Crippen LogP contribution in [-0.4, -0.2) is 19.9 Å². The fraction of sp³-hybridized carbons (Fsp3) is 0.0714. The summed E-state index contributed by atoms with van der Waals surface area (Å²) in [5, 5.41) is 0. The van der Waals surface area contributed by atoms with E-state index in [4.69, 9.17) is 5.73 Å². The van der Waals surface area contributed by atoms with E-state index >= 15 is 0 Å². The lowest BCUT2D eigenvalue weighted by molar-refractivity contribution is 1.20. The highest BCUT2D eigenvalue weighted by Gasteiger charge is 2.04. The SMILES string of the molecule is Cc1ccc(C=Cc2nc3c(N)ncnc3[nH]2)cc1. The molecule has 0 aliphatic heterocycles. The molecule has 0 spiro atoms. The minimum absolute atomic E-state index is 0.385. The van der Waals surface area contributed by atoms with Crippen LogP contribution in [0.2, 0.25) is 0 Å².